The van der Waals surface area contributed by atoms with Gasteiger partial charge >= 0.3 is 0 Å². The number of nitrogens with zero attached hydrogens (tertiary/aromatic N) is 1. The number of aromatic nitrogens is 1. The van der Waals surface area contributed by atoms with E-state index in [9.17, 15) is 0 Å². The van der Waals surface area contributed by atoms with Crippen molar-refractivity contribution in [1.82, 2.24) is 4.98 Å². The summed E-state index contributed by atoms with van der Waals surface area (Å²) in [5.74, 6) is 1.25. The number of fused-ring (bicyclic) bond motifs is 1. The third-order valence-electron chi connectivity index (χ3n) is 4.13. The number of hydrogen-bond donors (Lipinski definition) is 0. The molecular formula is C20H21NS. The Hall–Kier alpha value is -1.80. The molecule has 1 aromatic heterocycles. The van der Waals surface area contributed by atoms with E-state index in [-0.39, 0.29) is 0 Å². The van der Waals surface area contributed by atoms with Crippen LogP contribution in [0.2, 0.25) is 0 Å². The second-order valence-electron chi connectivity index (χ2n) is 5.72. The molecule has 0 unspecified atom stereocenters. The zero-order chi connectivity index (χ0) is 15.4. The van der Waals surface area contributed by atoms with Crippen molar-refractivity contribution in [3.05, 3.63) is 72.6 Å². The number of rotatable bonds is 5. The largest absolute Gasteiger partial charge is 0.265 e. The Kier molecular flexibility index (Phi) is 4.79. The standard InChI is InChI=1S/C20H21NS/c1-15(17-9-11-21-12-10-17)5-6-16(2)18-7-8-20-19(14-18)4-3-13-22-20/h7-12,14H,1-6,13H2. The molecule has 2 heteroatoms. The third-order valence-corrected chi connectivity index (χ3v) is 5.34. The lowest BCUT2D eigenvalue weighted by molar-refractivity contribution is 0.888. The lowest BCUT2D eigenvalue weighted by Gasteiger charge is -2.17. The van der Waals surface area contributed by atoms with Crippen LogP contribution in [0.25, 0.3) is 11.1 Å². The number of benzene rings is 1. The molecule has 0 spiro atoms. The quantitative estimate of drug-likeness (QED) is 0.710. The normalized spacial score (nSPS) is 13.5. The van der Waals surface area contributed by atoms with Crippen LogP contribution < -0.4 is 0 Å². The second-order valence-corrected chi connectivity index (χ2v) is 6.85. The minimum atomic E-state index is 0.939. The Morgan fingerprint density at radius 2 is 1.73 bits per heavy atom. The Labute approximate surface area is 137 Å². The van der Waals surface area contributed by atoms with Crippen molar-refractivity contribution < 1.29 is 0 Å². The molecule has 1 aliphatic heterocycles. The van der Waals surface area contributed by atoms with Gasteiger partial charge in [-0.15, -0.1) is 11.8 Å². The molecule has 1 nitrogen and oxygen atoms in total. The maximum Gasteiger partial charge on any atom is 0.0273 e. The predicted molar refractivity (Wildman–Crippen MR) is 97.0 cm³/mol. The average Bonchev–Trinajstić information content (AvgIpc) is 2.59. The van der Waals surface area contributed by atoms with Gasteiger partial charge in [-0.1, -0.05) is 25.3 Å². The SMILES string of the molecule is C=C(CCC(=C)c1ccc2c(c1)CCCS2)c1ccncc1. The fourth-order valence-electron chi connectivity index (χ4n) is 2.76. The molecule has 0 atom stereocenters. The summed E-state index contributed by atoms with van der Waals surface area (Å²) in [4.78, 5) is 5.50. The second kappa shape index (κ2) is 6.97. The average molecular weight is 307 g/mol. The number of thioether (sulfide) groups is 1. The number of allylic oxidation sites excluding steroid dienone is 2. The smallest absolute Gasteiger partial charge is 0.0273 e. The van der Waals surface area contributed by atoms with E-state index in [2.05, 4.69) is 36.3 Å². The van der Waals surface area contributed by atoms with Crippen LogP contribution in [0.15, 0.2) is 60.8 Å². The molecule has 2 aromatic rings. The molecule has 0 saturated heterocycles. The third kappa shape index (κ3) is 3.50. The van der Waals surface area contributed by atoms with Crippen molar-refractivity contribution in [1.29, 1.82) is 0 Å². The molecule has 112 valence electrons. The molecule has 1 aliphatic rings. The Balaban J connectivity index is 1.64. The van der Waals surface area contributed by atoms with Crippen LogP contribution in [0.5, 0.6) is 0 Å². The first-order valence-electron chi connectivity index (χ1n) is 7.76. The molecule has 0 fully saturated rings. The summed E-state index contributed by atoms with van der Waals surface area (Å²) in [5, 5.41) is 0. The lowest BCUT2D eigenvalue weighted by atomic mass is 9.95. The van der Waals surface area contributed by atoms with E-state index in [1.54, 1.807) is 0 Å². The number of pyridine rings is 1. The van der Waals surface area contributed by atoms with Gasteiger partial charge in [0.2, 0.25) is 0 Å². The molecule has 0 radical (unpaired) electrons. The summed E-state index contributed by atoms with van der Waals surface area (Å²) in [7, 11) is 0. The van der Waals surface area contributed by atoms with Gasteiger partial charge < -0.3 is 0 Å². The highest BCUT2D eigenvalue weighted by atomic mass is 32.2. The molecule has 3 rings (SSSR count). The van der Waals surface area contributed by atoms with Crippen LogP contribution in [0.3, 0.4) is 0 Å². The Morgan fingerprint density at radius 3 is 2.50 bits per heavy atom. The zero-order valence-corrected chi connectivity index (χ0v) is 13.7. The van der Waals surface area contributed by atoms with Gasteiger partial charge in [0.25, 0.3) is 0 Å². The first kappa shape index (κ1) is 15.1. The summed E-state index contributed by atoms with van der Waals surface area (Å²) < 4.78 is 0. The van der Waals surface area contributed by atoms with Crippen molar-refractivity contribution >= 4 is 22.9 Å². The highest BCUT2D eigenvalue weighted by Crippen LogP contribution is 2.33. The van der Waals surface area contributed by atoms with Crippen LogP contribution >= 0.6 is 11.8 Å². The number of hydrogen-bond acceptors (Lipinski definition) is 2. The highest BCUT2D eigenvalue weighted by Gasteiger charge is 2.11. The van der Waals surface area contributed by atoms with Gasteiger partial charge in [-0.05, 0) is 77.5 Å². The van der Waals surface area contributed by atoms with Crippen LogP contribution in [0.4, 0.5) is 0 Å². The molecule has 0 saturated carbocycles. The Bertz CT molecular complexity index is 688. The molecule has 2 heterocycles. The first-order chi connectivity index (χ1) is 10.7. The van der Waals surface area contributed by atoms with Gasteiger partial charge in [0.1, 0.15) is 0 Å². The molecule has 22 heavy (non-hydrogen) atoms. The first-order valence-corrected chi connectivity index (χ1v) is 8.74. The van der Waals surface area contributed by atoms with Gasteiger partial charge in [-0.3, -0.25) is 4.98 Å². The van der Waals surface area contributed by atoms with Gasteiger partial charge in [0, 0.05) is 17.3 Å². The molecule has 0 bridgehead atoms. The van der Waals surface area contributed by atoms with Crippen LogP contribution in [-0.2, 0) is 6.42 Å². The van der Waals surface area contributed by atoms with E-state index < -0.39 is 0 Å². The van der Waals surface area contributed by atoms with Crippen molar-refractivity contribution in [2.45, 2.75) is 30.6 Å². The lowest BCUT2D eigenvalue weighted by Crippen LogP contribution is -1.99. The minimum Gasteiger partial charge on any atom is -0.265 e. The van der Waals surface area contributed by atoms with Crippen molar-refractivity contribution in [2.24, 2.45) is 0 Å². The van der Waals surface area contributed by atoms with E-state index >= 15 is 0 Å². The fourth-order valence-corrected chi connectivity index (χ4v) is 3.78. The summed E-state index contributed by atoms with van der Waals surface area (Å²) >= 11 is 1.97. The van der Waals surface area contributed by atoms with E-state index in [0.717, 1.165) is 18.4 Å². The zero-order valence-electron chi connectivity index (χ0n) is 12.8. The molecule has 1 aromatic carbocycles. The van der Waals surface area contributed by atoms with E-state index in [0.29, 0.717) is 0 Å². The van der Waals surface area contributed by atoms with Crippen molar-refractivity contribution in [3.63, 3.8) is 0 Å². The molecule has 0 aliphatic carbocycles. The van der Waals surface area contributed by atoms with Crippen LogP contribution in [-0.4, -0.2) is 10.7 Å². The Morgan fingerprint density at radius 1 is 1.00 bits per heavy atom. The van der Waals surface area contributed by atoms with E-state index in [4.69, 9.17) is 0 Å². The van der Waals surface area contributed by atoms with Crippen LogP contribution in [0, 0.1) is 0 Å². The van der Waals surface area contributed by atoms with Crippen molar-refractivity contribution in [3.8, 4) is 0 Å². The van der Waals surface area contributed by atoms with E-state index in [1.807, 2.05) is 36.3 Å². The summed E-state index contributed by atoms with van der Waals surface area (Å²) in [6.45, 7) is 8.47. The predicted octanol–water partition coefficient (Wildman–Crippen LogP) is 5.63. The van der Waals surface area contributed by atoms with Gasteiger partial charge in [-0.25, -0.2) is 0 Å². The molecular weight excluding hydrogens is 286 g/mol. The molecule has 0 amide bonds. The topological polar surface area (TPSA) is 12.9 Å². The van der Waals surface area contributed by atoms with E-state index in [1.165, 1.54) is 45.8 Å². The van der Waals surface area contributed by atoms with Gasteiger partial charge in [0.05, 0.1) is 0 Å². The maximum atomic E-state index is 4.28. The molecule has 0 N–H and O–H groups in total. The summed E-state index contributed by atoms with van der Waals surface area (Å²) in [6, 6.07) is 10.8. The fraction of sp³-hybridized carbons (Fsp3) is 0.250. The van der Waals surface area contributed by atoms with Gasteiger partial charge in [-0.2, -0.15) is 0 Å². The maximum absolute atomic E-state index is 4.28. The highest BCUT2D eigenvalue weighted by molar-refractivity contribution is 7.99. The summed E-state index contributed by atoms with van der Waals surface area (Å²) in [6.07, 6.45) is 8.01. The minimum absolute atomic E-state index is 0.939. The summed E-state index contributed by atoms with van der Waals surface area (Å²) in [5.41, 5.74) is 6.29. The van der Waals surface area contributed by atoms with Crippen molar-refractivity contribution in [2.75, 3.05) is 5.75 Å². The number of aryl methyl sites for hydroxylation is 1. The monoisotopic (exact) mass is 307 g/mol. The van der Waals surface area contributed by atoms with Gasteiger partial charge in [0.15, 0.2) is 0 Å². The van der Waals surface area contributed by atoms with Crippen LogP contribution in [0.1, 0.15) is 36.0 Å².